The highest BCUT2D eigenvalue weighted by molar-refractivity contribution is 7.10. The number of carbonyl (C=O) groups excluding carboxylic acids is 1. The molecule has 0 saturated carbocycles. The van der Waals surface area contributed by atoms with E-state index in [1.54, 1.807) is 11.3 Å². The number of piperidine rings is 1. The quantitative estimate of drug-likeness (QED) is 0.845. The molecule has 112 valence electrons. The number of nitrogens with zero attached hydrogens (tertiary/aromatic N) is 1. The molecule has 1 aromatic heterocycles. The van der Waals surface area contributed by atoms with Gasteiger partial charge in [0.05, 0.1) is 12.6 Å². The SMILES string of the molecule is CCCC(NC(=O)CN1CCC(N)CC1)c1cccs1. The van der Waals surface area contributed by atoms with E-state index in [0.717, 1.165) is 38.8 Å². The van der Waals surface area contributed by atoms with Gasteiger partial charge in [-0.2, -0.15) is 0 Å². The summed E-state index contributed by atoms with van der Waals surface area (Å²) in [7, 11) is 0. The smallest absolute Gasteiger partial charge is 0.234 e. The molecule has 1 fully saturated rings. The second-order valence-electron chi connectivity index (χ2n) is 5.54. The molecule has 1 unspecified atom stereocenters. The Kier molecular flexibility index (Phi) is 6.01. The molecule has 1 aromatic rings. The van der Waals surface area contributed by atoms with E-state index in [1.807, 2.05) is 6.07 Å². The Morgan fingerprint density at radius 2 is 2.30 bits per heavy atom. The molecule has 1 aliphatic rings. The highest BCUT2D eigenvalue weighted by atomic mass is 32.1. The fourth-order valence-corrected chi connectivity index (χ4v) is 3.43. The number of rotatable bonds is 6. The van der Waals surface area contributed by atoms with Crippen molar-refractivity contribution in [1.82, 2.24) is 10.2 Å². The standard InChI is InChI=1S/C15H25N3OS/c1-2-4-13(14-5-3-10-20-14)17-15(19)11-18-8-6-12(16)7-9-18/h3,5,10,12-13H,2,4,6-9,11,16H2,1H3,(H,17,19). The zero-order valence-corrected chi connectivity index (χ0v) is 13.0. The Labute approximate surface area is 125 Å². The van der Waals surface area contributed by atoms with Gasteiger partial charge in [-0.1, -0.05) is 19.4 Å². The average Bonchev–Trinajstić information content (AvgIpc) is 2.95. The number of nitrogens with two attached hydrogens (primary N) is 1. The molecule has 1 saturated heterocycles. The monoisotopic (exact) mass is 295 g/mol. The summed E-state index contributed by atoms with van der Waals surface area (Å²) in [5.41, 5.74) is 5.89. The van der Waals surface area contributed by atoms with Crippen LogP contribution in [0.2, 0.25) is 0 Å². The molecule has 0 aliphatic carbocycles. The number of likely N-dealkylation sites (tertiary alicyclic amines) is 1. The van der Waals surface area contributed by atoms with Crippen molar-refractivity contribution in [2.75, 3.05) is 19.6 Å². The maximum atomic E-state index is 12.2. The Balaban J connectivity index is 1.82. The second kappa shape index (κ2) is 7.76. The maximum absolute atomic E-state index is 12.2. The van der Waals surface area contributed by atoms with Gasteiger partial charge in [-0.15, -0.1) is 11.3 Å². The van der Waals surface area contributed by atoms with Gasteiger partial charge in [-0.05, 0) is 30.7 Å². The van der Waals surface area contributed by atoms with E-state index in [4.69, 9.17) is 5.73 Å². The van der Waals surface area contributed by atoms with E-state index in [1.165, 1.54) is 4.88 Å². The molecule has 0 aromatic carbocycles. The third-order valence-electron chi connectivity index (χ3n) is 3.80. The molecular weight excluding hydrogens is 270 g/mol. The maximum Gasteiger partial charge on any atom is 0.234 e. The van der Waals surface area contributed by atoms with Gasteiger partial charge in [-0.25, -0.2) is 0 Å². The molecule has 0 radical (unpaired) electrons. The number of hydrogen-bond acceptors (Lipinski definition) is 4. The summed E-state index contributed by atoms with van der Waals surface area (Å²) in [6.07, 6.45) is 4.06. The van der Waals surface area contributed by atoms with E-state index >= 15 is 0 Å². The van der Waals surface area contributed by atoms with Crippen LogP contribution in [0.15, 0.2) is 17.5 Å². The molecular formula is C15H25N3OS. The van der Waals surface area contributed by atoms with Crippen LogP contribution in [-0.2, 0) is 4.79 Å². The molecule has 1 aliphatic heterocycles. The average molecular weight is 295 g/mol. The van der Waals surface area contributed by atoms with Crippen molar-refractivity contribution in [3.63, 3.8) is 0 Å². The van der Waals surface area contributed by atoms with Gasteiger partial charge < -0.3 is 11.1 Å². The second-order valence-corrected chi connectivity index (χ2v) is 6.52. The fourth-order valence-electron chi connectivity index (χ4n) is 2.62. The minimum Gasteiger partial charge on any atom is -0.347 e. The normalized spacial score (nSPS) is 18.9. The highest BCUT2D eigenvalue weighted by Crippen LogP contribution is 2.23. The van der Waals surface area contributed by atoms with Crippen molar-refractivity contribution in [2.24, 2.45) is 5.73 Å². The minimum atomic E-state index is 0.132. The molecule has 1 amide bonds. The van der Waals surface area contributed by atoms with Gasteiger partial charge in [0, 0.05) is 24.0 Å². The summed E-state index contributed by atoms with van der Waals surface area (Å²) < 4.78 is 0. The van der Waals surface area contributed by atoms with Crippen LogP contribution >= 0.6 is 11.3 Å². The first-order valence-electron chi connectivity index (χ1n) is 7.49. The van der Waals surface area contributed by atoms with Gasteiger partial charge in [-0.3, -0.25) is 9.69 Å². The van der Waals surface area contributed by atoms with E-state index in [0.29, 0.717) is 12.6 Å². The summed E-state index contributed by atoms with van der Waals surface area (Å²) in [5, 5.41) is 5.24. The van der Waals surface area contributed by atoms with Crippen molar-refractivity contribution < 1.29 is 4.79 Å². The molecule has 2 rings (SSSR count). The third-order valence-corrected chi connectivity index (χ3v) is 4.78. The molecule has 2 heterocycles. The molecule has 0 spiro atoms. The van der Waals surface area contributed by atoms with Crippen molar-refractivity contribution in [3.05, 3.63) is 22.4 Å². The van der Waals surface area contributed by atoms with Gasteiger partial charge in [0.15, 0.2) is 0 Å². The molecule has 1 atom stereocenters. The van der Waals surface area contributed by atoms with Crippen LogP contribution in [0.3, 0.4) is 0 Å². The fraction of sp³-hybridized carbons (Fsp3) is 0.667. The van der Waals surface area contributed by atoms with Crippen molar-refractivity contribution in [2.45, 2.75) is 44.7 Å². The van der Waals surface area contributed by atoms with Gasteiger partial charge in [0.25, 0.3) is 0 Å². The van der Waals surface area contributed by atoms with Gasteiger partial charge >= 0.3 is 0 Å². The molecule has 0 bridgehead atoms. The van der Waals surface area contributed by atoms with Crippen LogP contribution in [-0.4, -0.2) is 36.5 Å². The van der Waals surface area contributed by atoms with E-state index in [-0.39, 0.29) is 11.9 Å². The zero-order valence-electron chi connectivity index (χ0n) is 12.2. The number of thiophene rings is 1. The van der Waals surface area contributed by atoms with Crippen LogP contribution in [0.1, 0.15) is 43.5 Å². The lowest BCUT2D eigenvalue weighted by atomic mass is 10.1. The first-order valence-corrected chi connectivity index (χ1v) is 8.37. The van der Waals surface area contributed by atoms with E-state index < -0.39 is 0 Å². The first kappa shape index (κ1) is 15.5. The number of nitrogens with one attached hydrogen (secondary N) is 1. The van der Waals surface area contributed by atoms with Crippen LogP contribution in [0.5, 0.6) is 0 Å². The minimum absolute atomic E-state index is 0.132. The van der Waals surface area contributed by atoms with Crippen LogP contribution in [0.25, 0.3) is 0 Å². The Hall–Kier alpha value is -0.910. The predicted molar refractivity (Wildman–Crippen MR) is 83.8 cm³/mol. The van der Waals surface area contributed by atoms with Crippen LogP contribution in [0.4, 0.5) is 0 Å². The summed E-state index contributed by atoms with van der Waals surface area (Å²) in [6.45, 7) is 4.52. The third kappa shape index (κ3) is 4.58. The lowest BCUT2D eigenvalue weighted by Crippen LogP contribution is -2.45. The van der Waals surface area contributed by atoms with E-state index in [9.17, 15) is 4.79 Å². The van der Waals surface area contributed by atoms with Crippen LogP contribution in [0, 0.1) is 0 Å². The van der Waals surface area contributed by atoms with Crippen LogP contribution < -0.4 is 11.1 Å². The first-order chi connectivity index (χ1) is 9.69. The number of amides is 1. The van der Waals surface area contributed by atoms with E-state index in [2.05, 4.69) is 28.6 Å². The largest absolute Gasteiger partial charge is 0.347 e. The van der Waals surface area contributed by atoms with Crippen molar-refractivity contribution in [1.29, 1.82) is 0 Å². The summed E-state index contributed by atoms with van der Waals surface area (Å²) in [4.78, 5) is 15.6. The summed E-state index contributed by atoms with van der Waals surface area (Å²) >= 11 is 1.71. The lowest BCUT2D eigenvalue weighted by molar-refractivity contribution is -0.123. The lowest BCUT2D eigenvalue weighted by Gasteiger charge is -2.30. The Morgan fingerprint density at radius 1 is 1.55 bits per heavy atom. The molecule has 3 N–H and O–H groups in total. The zero-order chi connectivity index (χ0) is 14.4. The summed E-state index contributed by atoms with van der Waals surface area (Å²) in [6, 6.07) is 4.62. The number of carbonyl (C=O) groups is 1. The Bertz CT molecular complexity index is 399. The number of hydrogen-bond donors (Lipinski definition) is 2. The van der Waals surface area contributed by atoms with Crippen molar-refractivity contribution in [3.8, 4) is 0 Å². The molecule has 4 nitrogen and oxygen atoms in total. The van der Waals surface area contributed by atoms with Gasteiger partial charge in [0.2, 0.25) is 5.91 Å². The summed E-state index contributed by atoms with van der Waals surface area (Å²) in [5.74, 6) is 0.132. The topological polar surface area (TPSA) is 58.4 Å². The Morgan fingerprint density at radius 3 is 2.90 bits per heavy atom. The highest BCUT2D eigenvalue weighted by Gasteiger charge is 2.20. The molecule has 20 heavy (non-hydrogen) atoms. The predicted octanol–water partition coefficient (Wildman–Crippen LogP) is 2.13. The molecule has 5 heteroatoms. The van der Waals surface area contributed by atoms with Crippen molar-refractivity contribution >= 4 is 17.2 Å². The van der Waals surface area contributed by atoms with Gasteiger partial charge in [0.1, 0.15) is 0 Å².